The van der Waals surface area contributed by atoms with E-state index in [0.717, 1.165) is 22.5 Å². The first kappa shape index (κ1) is 16.1. The van der Waals surface area contributed by atoms with Gasteiger partial charge in [-0.05, 0) is 35.4 Å². The van der Waals surface area contributed by atoms with Crippen LogP contribution >= 0.6 is 11.6 Å². The van der Waals surface area contributed by atoms with E-state index in [1.165, 1.54) is 0 Å². The zero-order valence-electron chi connectivity index (χ0n) is 12.9. The Labute approximate surface area is 145 Å². The third kappa shape index (κ3) is 4.18. The predicted molar refractivity (Wildman–Crippen MR) is 94.5 cm³/mol. The van der Waals surface area contributed by atoms with Crippen LogP contribution < -0.4 is 5.32 Å². The molecule has 0 bridgehead atoms. The molecule has 0 saturated heterocycles. The van der Waals surface area contributed by atoms with Crippen molar-refractivity contribution in [3.8, 4) is 11.4 Å². The highest BCUT2D eigenvalue weighted by Crippen LogP contribution is 2.16. The number of nitrogens with zero attached hydrogens (tertiary/aromatic N) is 2. The van der Waals surface area contributed by atoms with Crippen LogP contribution in [0.5, 0.6) is 0 Å². The fraction of sp³-hybridized carbons (Fsp3) is 0.105. The van der Waals surface area contributed by atoms with Gasteiger partial charge < -0.3 is 5.32 Å². The highest BCUT2D eigenvalue weighted by molar-refractivity contribution is 6.31. The third-order valence-corrected chi connectivity index (χ3v) is 3.92. The van der Waals surface area contributed by atoms with Gasteiger partial charge in [0.1, 0.15) is 0 Å². The lowest BCUT2D eigenvalue weighted by atomic mass is 10.1. The summed E-state index contributed by atoms with van der Waals surface area (Å²) in [5, 5.41) is 3.49. The van der Waals surface area contributed by atoms with E-state index in [1.54, 1.807) is 18.5 Å². The van der Waals surface area contributed by atoms with Crippen molar-refractivity contribution in [2.24, 2.45) is 0 Å². The van der Waals surface area contributed by atoms with Crippen molar-refractivity contribution >= 4 is 17.5 Å². The molecule has 3 aromatic rings. The minimum absolute atomic E-state index is 0.0723. The molecule has 5 heteroatoms. The quantitative estimate of drug-likeness (QED) is 0.773. The molecule has 0 unspecified atom stereocenters. The average molecular weight is 338 g/mol. The van der Waals surface area contributed by atoms with Crippen molar-refractivity contribution in [1.82, 2.24) is 15.3 Å². The molecule has 120 valence electrons. The first-order valence-electron chi connectivity index (χ1n) is 7.59. The van der Waals surface area contributed by atoms with Crippen molar-refractivity contribution < 1.29 is 4.79 Å². The summed E-state index contributed by atoms with van der Waals surface area (Å²) in [6, 6.07) is 16.9. The van der Waals surface area contributed by atoms with Gasteiger partial charge in [0.15, 0.2) is 0 Å². The molecule has 1 N–H and O–H groups in total. The lowest BCUT2D eigenvalue weighted by molar-refractivity contribution is -0.120. The van der Waals surface area contributed by atoms with Crippen LogP contribution in [0.1, 0.15) is 11.1 Å². The fourth-order valence-electron chi connectivity index (χ4n) is 2.27. The number of carbonyl (C=O) groups is 1. The van der Waals surface area contributed by atoms with Crippen molar-refractivity contribution in [1.29, 1.82) is 0 Å². The minimum Gasteiger partial charge on any atom is -0.352 e. The number of benzene rings is 1. The van der Waals surface area contributed by atoms with E-state index in [-0.39, 0.29) is 12.3 Å². The Morgan fingerprint density at radius 2 is 1.75 bits per heavy atom. The van der Waals surface area contributed by atoms with Crippen LogP contribution in [0, 0.1) is 0 Å². The van der Waals surface area contributed by atoms with Crippen LogP contribution in [0.3, 0.4) is 0 Å². The summed E-state index contributed by atoms with van der Waals surface area (Å²) in [5.41, 5.74) is 3.39. The largest absolute Gasteiger partial charge is 0.352 e. The van der Waals surface area contributed by atoms with Crippen molar-refractivity contribution in [3.63, 3.8) is 0 Å². The molecular weight excluding hydrogens is 322 g/mol. The molecule has 0 saturated carbocycles. The molecule has 4 nitrogen and oxygen atoms in total. The zero-order valence-corrected chi connectivity index (χ0v) is 13.7. The van der Waals surface area contributed by atoms with Crippen LogP contribution in [0.15, 0.2) is 67.0 Å². The number of pyridine rings is 2. The second-order valence-corrected chi connectivity index (χ2v) is 5.72. The van der Waals surface area contributed by atoms with Gasteiger partial charge in [-0.1, -0.05) is 41.9 Å². The molecule has 3 rings (SSSR count). The predicted octanol–water partition coefficient (Wildman–Crippen LogP) is 3.66. The Bertz CT molecular complexity index is 820. The molecular formula is C19H16ClN3O. The molecule has 0 atom stereocenters. The summed E-state index contributed by atoms with van der Waals surface area (Å²) < 4.78 is 0. The average Bonchev–Trinajstić information content (AvgIpc) is 2.63. The van der Waals surface area contributed by atoms with Gasteiger partial charge in [0.05, 0.1) is 17.8 Å². The monoisotopic (exact) mass is 337 g/mol. The van der Waals surface area contributed by atoms with E-state index in [1.807, 2.05) is 48.5 Å². The summed E-state index contributed by atoms with van der Waals surface area (Å²) in [4.78, 5) is 20.7. The van der Waals surface area contributed by atoms with Crippen LogP contribution in [-0.4, -0.2) is 15.9 Å². The normalized spacial score (nSPS) is 10.4. The van der Waals surface area contributed by atoms with E-state index < -0.39 is 0 Å². The van der Waals surface area contributed by atoms with E-state index in [2.05, 4.69) is 15.3 Å². The van der Waals surface area contributed by atoms with Crippen molar-refractivity contribution in [2.75, 3.05) is 0 Å². The summed E-state index contributed by atoms with van der Waals surface area (Å²) in [6.45, 7) is 0.429. The van der Waals surface area contributed by atoms with Gasteiger partial charge in [-0.25, -0.2) is 0 Å². The topological polar surface area (TPSA) is 54.9 Å². The SMILES string of the molecule is O=C(Cc1ccccc1Cl)NCc1ccc(-c2ccccn2)nc1. The highest BCUT2D eigenvalue weighted by atomic mass is 35.5. The van der Waals surface area contributed by atoms with Gasteiger partial charge in [0.25, 0.3) is 0 Å². The first-order valence-corrected chi connectivity index (χ1v) is 7.96. The molecule has 2 heterocycles. The molecule has 2 aromatic heterocycles. The number of hydrogen-bond acceptors (Lipinski definition) is 3. The van der Waals surface area contributed by atoms with Crippen LogP contribution in [0.2, 0.25) is 5.02 Å². The summed E-state index contributed by atoms with van der Waals surface area (Å²) in [6.07, 6.45) is 3.75. The van der Waals surface area contributed by atoms with Crippen molar-refractivity contribution in [3.05, 3.63) is 83.1 Å². The fourth-order valence-corrected chi connectivity index (χ4v) is 2.48. The smallest absolute Gasteiger partial charge is 0.224 e. The number of hydrogen-bond donors (Lipinski definition) is 1. The van der Waals surface area contributed by atoms with E-state index >= 15 is 0 Å². The van der Waals surface area contributed by atoms with Gasteiger partial charge >= 0.3 is 0 Å². The van der Waals surface area contributed by atoms with Crippen LogP contribution in [-0.2, 0) is 17.8 Å². The molecule has 1 amide bonds. The molecule has 0 spiro atoms. The van der Waals surface area contributed by atoms with E-state index in [9.17, 15) is 4.79 Å². The number of rotatable bonds is 5. The molecule has 0 aliphatic rings. The maximum absolute atomic E-state index is 12.0. The Morgan fingerprint density at radius 1 is 0.958 bits per heavy atom. The Kier molecular flexibility index (Phi) is 5.18. The minimum atomic E-state index is -0.0723. The highest BCUT2D eigenvalue weighted by Gasteiger charge is 2.07. The standard InChI is InChI=1S/C19H16ClN3O/c20-16-6-2-1-5-15(16)11-19(24)23-13-14-8-9-18(22-12-14)17-7-3-4-10-21-17/h1-10,12H,11,13H2,(H,23,24). The summed E-state index contributed by atoms with van der Waals surface area (Å²) in [7, 11) is 0. The molecule has 0 aliphatic heterocycles. The number of halogens is 1. The number of amides is 1. The second-order valence-electron chi connectivity index (χ2n) is 5.31. The van der Waals surface area contributed by atoms with Crippen LogP contribution in [0.4, 0.5) is 0 Å². The van der Waals surface area contributed by atoms with Gasteiger partial charge in [-0.3, -0.25) is 14.8 Å². The summed E-state index contributed by atoms with van der Waals surface area (Å²) >= 11 is 6.07. The van der Waals surface area contributed by atoms with Gasteiger partial charge in [0, 0.05) is 24.0 Å². The molecule has 24 heavy (non-hydrogen) atoms. The van der Waals surface area contributed by atoms with Crippen LogP contribution in [0.25, 0.3) is 11.4 Å². The van der Waals surface area contributed by atoms with Gasteiger partial charge in [-0.2, -0.15) is 0 Å². The molecule has 0 radical (unpaired) electrons. The summed E-state index contributed by atoms with van der Waals surface area (Å²) in [5.74, 6) is -0.0723. The Hall–Kier alpha value is -2.72. The van der Waals surface area contributed by atoms with Crippen molar-refractivity contribution in [2.45, 2.75) is 13.0 Å². The second kappa shape index (κ2) is 7.70. The number of carbonyl (C=O) groups excluding carboxylic acids is 1. The Morgan fingerprint density at radius 3 is 2.46 bits per heavy atom. The molecule has 1 aromatic carbocycles. The van der Waals surface area contributed by atoms with E-state index in [0.29, 0.717) is 11.6 Å². The van der Waals surface area contributed by atoms with Gasteiger partial charge in [-0.15, -0.1) is 0 Å². The lowest BCUT2D eigenvalue weighted by Crippen LogP contribution is -2.24. The zero-order chi connectivity index (χ0) is 16.8. The number of nitrogens with one attached hydrogen (secondary N) is 1. The lowest BCUT2D eigenvalue weighted by Gasteiger charge is -2.07. The Balaban J connectivity index is 1.57. The van der Waals surface area contributed by atoms with E-state index in [4.69, 9.17) is 11.6 Å². The van der Waals surface area contributed by atoms with Gasteiger partial charge in [0.2, 0.25) is 5.91 Å². The molecule has 0 fully saturated rings. The number of aromatic nitrogens is 2. The maximum Gasteiger partial charge on any atom is 0.224 e. The third-order valence-electron chi connectivity index (χ3n) is 3.55. The maximum atomic E-state index is 12.0. The first-order chi connectivity index (χ1) is 11.7. The molecule has 0 aliphatic carbocycles.